The molecular formula is C14H21N3OS. The Kier molecular flexibility index (Phi) is 5.10. The fourth-order valence-corrected chi connectivity index (χ4v) is 2.87. The summed E-state index contributed by atoms with van der Waals surface area (Å²) in [7, 11) is 0. The smallest absolute Gasteiger partial charge is 0.122 e. The van der Waals surface area contributed by atoms with Gasteiger partial charge in [0.1, 0.15) is 4.99 Å². The molecule has 1 saturated carbocycles. The molecule has 1 aliphatic rings. The van der Waals surface area contributed by atoms with Crippen molar-refractivity contribution in [3.8, 4) is 0 Å². The summed E-state index contributed by atoms with van der Waals surface area (Å²) in [6, 6.07) is 4.39. The lowest BCUT2D eigenvalue weighted by Crippen LogP contribution is -2.39. The van der Waals surface area contributed by atoms with Crippen LogP contribution < -0.4 is 10.6 Å². The average Bonchev–Trinajstić information content (AvgIpc) is 2.46. The average molecular weight is 279 g/mol. The van der Waals surface area contributed by atoms with Crippen LogP contribution in [0.1, 0.15) is 37.8 Å². The molecule has 1 aliphatic carbocycles. The molecule has 1 aromatic heterocycles. The van der Waals surface area contributed by atoms with Crippen LogP contribution in [0.25, 0.3) is 0 Å². The van der Waals surface area contributed by atoms with E-state index in [0.29, 0.717) is 23.3 Å². The first-order valence-corrected chi connectivity index (χ1v) is 7.26. The van der Waals surface area contributed by atoms with Crippen molar-refractivity contribution in [2.24, 2.45) is 5.73 Å². The van der Waals surface area contributed by atoms with E-state index in [0.717, 1.165) is 5.69 Å². The predicted octanol–water partition coefficient (Wildman–Crippen LogP) is 1.85. The standard InChI is InChI=1S/C14H21N3OS/c15-14(19)13-10-12(6-7-16-13)17(8-9-18)11-4-2-1-3-5-11/h6-7,10-11,18H,1-5,8-9H2,(H2,15,19). The third-order valence-corrected chi connectivity index (χ3v) is 3.89. The Balaban J connectivity index is 2.22. The second-order valence-electron chi connectivity index (χ2n) is 4.97. The first kappa shape index (κ1) is 14.2. The second kappa shape index (κ2) is 6.82. The largest absolute Gasteiger partial charge is 0.395 e. The number of aliphatic hydroxyl groups excluding tert-OH is 1. The van der Waals surface area contributed by atoms with Crippen LogP contribution in [0.5, 0.6) is 0 Å². The lowest BCUT2D eigenvalue weighted by Gasteiger charge is -2.35. The molecule has 0 saturated heterocycles. The van der Waals surface area contributed by atoms with Gasteiger partial charge in [0.25, 0.3) is 0 Å². The zero-order chi connectivity index (χ0) is 13.7. The molecule has 0 amide bonds. The number of thiocarbonyl (C=S) groups is 1. The maximum Gasteiger partial charge on any atom is 0.122 e. The molecule has 0 aliphatic heterocycles. The Labute approximate surface area is 119 Å². The third-order valence-electron chi connectivity index (χ3n) is 3.68. The number of rotatable bonds is 5. The number of hydrogen-bond donors (Lipinski definition) is 2. The first-order chi connectivity index (χ1) is 9.22. The fraction of sp³-hybridized carbons (Fsp3) is 0.571. The molecule has 1 fully saturated rings. The summed E-state index contributed by atoms with van der Waals surface area (Å²) in [4.78, 5) is 6.75. The van der Waals surface area contributed by atoms with Crippen LogP contribution in [0, 0.1) is 0 Å². The molecule has 104 valence electrons. The van der Waals surface area contributed by atoms with Crippen molar-refractivity contribution in [3.63, 3.8) is 0 Å². The highest BCUT2D eigenvalue weighted by Gasteiger charge is 2.21. The molecule has 2 rings (SSSR count). The Morgan fingerprint density at radius 3 is 2.79 bits per heavy atom. The topological polar surface area (TPSA) is 62.4 Å². The Bertz CT molecular complexity index is 432. The number of pyridine rings is 1. The van der Waals surface area contributed by atoms with Gasteiger partial charge in [-0.15, -0.1) is 0 Å². The van der Waals surface area contributed by atoms with Crippen LogP contribution >= 0.6 is 12.2 Å². The van der Waals surface area contributed by atoms with Gasteiger partial charge < -0.3 is 15.7 Å². The monoisotopic (exact) mass is 279 g/mol. The minimum Gasteiger partial charge on any atom is -0.395 e. The van der Waals surface area contributed by atoms with Crippen LogP contribution in [0.4, 0.5) is 5.69 Å². The number of nitrogens with two attached hydrogens (primary N) is 1. The van der Waals surface area contributed by atoms with Crippen molar-refractivity contribution in [1.82, 2.24) is 4.98 Å². The first-order valence-electron chi connectivity index (χ1n) is 6.85. The van der Waals surface area contributed by atoms with Gasteiger partial charge in [0.15, 0.2) is 0 Å². The highest BCUT2D eigenvalue weighted by molar-refractivity contribution is 7.80. The van der Waals surface area contributed by atoms with Gasteiger partial charge in [0.2, 0.25) is 0 Å². The Hall–Kier alpha value is -1.20. The quantitative estimate of drug-likeness (QED) is 0.805. The molecule has 1 heterocycles. The van der Waals surface area contributed by atoms with Crippen LogP contribution in [0.15, 0.2) is 18.3 Å². The molecule has 1 aromatic rings. The summed E-state index contributed by atoms with van der Waals surface area (Å²) >= 11 is 4.98. The molecule has 0 radical (unpaired) electrons. The van der Waals surface area contributed by atoms with E-state index in [1.165, 1.54) is 32.1 Å². The van der Waals surface area contributed by atoms with E-state index >= 15 is 0 Å². The lowest BCUT2D eigenvalue weighted by atomic mass is 9.94. The van der Waals surface area contributed by atoms with Gasteiger partial charge in [-0.1, -0.05) is 31.5 Å². The number of nitrogens with zero attached hydrogens (tertiary/aromatic N) is 2. The summed E-state index contributed by atoms with van der Waals surface area (Å²) in [6.45, 7) is 0.798. The molecular weight excluding hydrogens is 258 g/mol. The number of hydrogen-bond acceptors (Lipinski definition) is 4. The highest BCUT2D eigenvalue weighted by Crippen LogP contribution is 2.27. The van der Waals surface area contributed by atoms with Crippen molar-refractivity contribution < 1.29 is 5.11 Å². The minimum absolute atomic E-state index is 0.154. The van der Waals surface area contributed by atoms with Gasteiger partial charge in [-0.25, -0.2) is 0 Å². The minimum atomic E-state index is 0.154. The van der Waals surface area contributed by atoms with Gasteiger partial charge in [0.05, 0.1) is 12.3 Å². The summed E-state index contributed by atoms with van der Waals surface area (Å²) in [5, 5.41) is 9.30. The van der Waals surface area contributed by atoms with Gasteiger partial charge in [-0.3, -0.25) is 4.98 Å². The van der Waals surface area contributed by atoms with Gasteiger partial charge in [-0.05, 0) is 25.0 Å². The Morgan fingerprint density at radius 1 is 1.42 bits per heavy atom. The van der Waals surface area contributed by atoms with E-state index in [9.17, 15) is 5.11 Å². The van der Waals surface area contributed by atoms with Crippen LogP contribution in [0.3, 0.4) is 0 Å². The van der Waals surface area contributed by atoms with Crippen molar-refractivity contribution in [3.05, 3.63) is 24.0 Å². The normalized spacial score (nSPS) is 16.3. The summed E-state index contributed by atoms with van der Waals surface area (Å²) in [5.41, 5.74) is 7.34. The van der Waals surface area contributed by atoms with Crippen molar-refractivity contribution in [2.45, 2.75) is 38.1 Å². The molecule has 0 bridgehead atoms. The van der Waals surface area contributed by atoms with Crippen molar-refractivity contribution in [1.29, 1.82) is 0 Å². The zero-order valence-corrected chi connectivity index (χ0v) is 11.9. The molecule has 0 aromatic carbocycles. The molecule has 0 atom stereocenters. The Morgan fingerprint density at radius 2 is 2.16 bits per heavy atom. The summed E-state index contributed by atoms with van der Waals surface area (Å²) in [5.74, 6) is 0. The van der Waals surface area contributed by atoms with Crippen LogP contribution in [0.2, 0.25) is 0 Å². The van der Waals surface area contributed by atoms with E-state index in [2.05, 4.69) is 9.88 Å². The number of aromatic nitrogens is 1. The fourth-order valence-electron chi connectivity index (χ4n) is 2.76. The van der Waals surface area contributed by atoms with Gasteiger partial charge >= 0.3 is 0 Å². The van der Waals surface area contributed by atoms with E-state index in [-0.39, 0.29) is 6.61 Å². The van der Waals surface area contributed by atoms with Crippen molar-refractivity contribution in [2.75, 3.05) is 18.1 Å². The predicted molar refractivity (Wildman–Crippen MR) is 81.4 cm³/mol. The molecule has 5 heteroatoms. The molecule has 4 nitrogen and oxygen atoms in total. The van der Waals surface area contributed by atoms with Crippen LogP contribution in [-0.2, 0) is 0 Å². The molecule has 19 heavy (non-hydrogen) atoms. The molecule has 0 unspecified atom stereocenters. The van der Waals surface area contributed by atoms with E-state index < -0.39 is 0 Å². The lowest BCUT2D eigenvalue weighted by molar-refractivity contribution is 0.290. The zero-order valence-electron chi connectivity index (χ0n) is 11.1. The molecule has 3 N–H and O–H groups in total. The SMILES string of the molecule is NC(=S)c1cc(N(CCO)C2CCCCC2)ccn1. The van der Waals surface area contributed by atoms with Gasteiger partial charge in [0, 0.05) is 24.5 Å². The molecule has 0 spiro atoms. The van der Waals surface area contributed by atoms with Crippen LogP contribution in [-0.4, -0.2) is 34.3 Å². The van der Waals surface area contributed by atoms with Crippen molar-refractivity contribution >= 4 is 22.9 Å². The number of aliphatic hydroxyl groups is 1. The highest BCUT2D eigenvalue weighted by atomic mass is 32.1. The summed E-state index contributed by atoms with van der Waals surface area (Å²) in [6.07, 6.45) is 7.95. The maximum atomic E-state index is 9.30. The second-order valence-corrected chi connectivity index (χ2v) is 5.41. The van der Waals surface area contributed by atoms with E-state index in [4.69, 9.17) is 18.0 Å². The third kappa shape index (κ3) is 3.64. The maximum absolute atomic E-state index is 9.30. The number of anilines is 1. The summed E-state index contributed by atoms with van der Waals surface area (Å²) < 4.78 is 0. The van der Waals surface area contributed by atoms with Gasteiger partial charge in [-0.2, -0.15) is 0 Å². The van der Waals surface area contributed by atoms with E-state index in [1.807, 2.05) is 12.1 Å². The van der Waals surface area contributed by atoms with E-state index in [1.54, 1.807) is 6.20 Å².